The number of likely N-dealkylation sites (N-methyl/N-ethyl adjacent to an activating group) is 1. The first kappa shape index (κ1) is 17.4. The Kier molecular flexibility index (Phi) is 5.75. The van der Waals surface area contributed by atoms with Crippen LogP contribution in [0.25, 0.3) is 0 Å². The van der Waals surface area contributed by atoms with Gasteiger partial charge >= 0.3 is 0 Å². The van der Waals surface area contributed by atoms with E-state index < -0.39 is 0 Å². The highest BCUT2D eigenvalue weighted by atomic mass is 32.1. The van der Waals surface area contributed by atoms with Crippen LogP contribution < -0.4 is 0 Å². The van der Waals surface area contributed by atoms with Gasteiger partial charge in [-0.15, -0.1) is 11.3 Å². The number of hydrogen-bond acceptors (Lipinski definition) is 5. The average molecular weight is 339 g/mol. The van der Waals surface area contributed by atoms with Crippen molar-refractivity contribution in [3.05, 3.63) is 22.4 Å². The lowest BCUT2D eigenvalue weighted by Gasteiger charge is -2.32. The highest BCUT2D eigenvalue weighted by molar-refractivity contribution is 7.09. The predicted octanol–water partition coefficient (Wildman–Crippen LogP) is 2.84. The summed E-state index contributed by atoms with van der Waals surface area (Å²) < 4.78 is 12.4. The number of rotatable bonds is 5. The molecule has 0 bridgehead atoms. The third kappa shape index (κ3) is 4.54. The third-order valence-corrected chi connectivity index (χ3v) is 5.96. The van der Waals surface area contributed by atoms with Gasteiger partial charge in [-0.25, -0.2) is 0 Å². The van der Waals surface area contributed by atoms with Gasteiger partial charge in [-0.05, 0) is 45.2 Å². The van der Waals surface area contributed by atoms with Gasteiger partial charge in [0.25, 0.3) is 0 Å². The molecule has 5 heteroatoms. The van der Waals surface area contributed by atoms with E-state index in [-0.39, 0.29) is 5.60 Å². The maximum Gasteiger partial charge on any atom is 0.105 e. The minimum Gasteiger partial charge on any atom is -0.377 e. The van der Waals surface area contributed by atoms with Gasteiger partial charge in [0.15, 0.2) is 0 Å². The Balaban J connectivity index is 1.59. The van der Waals surface area contributed by atoms with Crippen molar-refractivity contribution in [2.24, 2.45) is 0 Å². The molecule has 0 N–H and O–H groups in total. The number of thiophene rings is 1. The summed E-state index contributed by atoms with van der Waals surface area (Å²) in [7, 11) is 2.19. The Morgan fingerprint density at radius 3 is 3.09 bits per heavy atom. The van der Waals surface area contributed by atoms with Gasteiger partial charge in [0.05, 0.1) is 19.3 Å². The Hall–Kier alpha value is -0.460. The van der Waals surface area contributed by atoms with E-state index in [2.05, 4.69) is 48.2 Å². The number of ether oxygens (including phenoxy) is 2. The molecule has 3 rings (SSSR count). The summed E-state index contributed by atoms with van der Waals surface area (Å²) in [5, 5.41) is 2.16. The molecule has 0 aliphatic carbocycles. The van der Waals surface area contributed by atoms with Crippen LogP contribution in [0.3, 0.4) is 0 Å². The zero-order valence-electron chi connectivity index (χ0n) is 14.7. The highest BCUT2D eigenvalue weighted by Crippen LogP contribution is 2.34. The van der Waals surface area contributed by atoms with Crippen molar-refractivity contribution < 1.29 is 9.47 Å². The van der Waals surface area contributed by atoms with E-state index in [0.29, 0.717) is 12.1 Å². The Morgan fingerprint density at radius 1 is 1.48 bits per heavy atom. The molecule has 0 saturated carbocycles. The Labute approximate surface area is 144 Å². The van der Waals surface area contributed by atoms with E-state index in [1.165, 1.54) is 4.88 Å². The van der Waals surface area contributed by atoms with Gasteiger partial charge in [-0.3, -0.25) is 4.90 Å². The van der Waals surface area contributed by atoms with Gasteiger partial charge in [-0.1, -0.05) is 6.07 Å². The van der Waals surface area contributed by atoms with E-state index in [4.69, 9.17) is 9.47 Å². The van der Waals surface area contributed by atoms with Crippen LogP contribution >= 0.6 is 11.3 Å². The van der Waals surface area contributed by atoms with Crippen LogP contribution in [0.1, 0.15) is 31.6 Å². The normalized spacial score (nSPS) is 29.7. The maximum absolute atomic E-state index is 6.54. The average Bonchev–Trinajstić information content (AvgIpc) is 3.09. The molecule has 3 heterocycles. The molecule has 2 aliphatic heterocycles. The monoisotopic (exact) mass is 338 g/mol. The smallest absolute Gasteiger partial charge is 0.105 e. The third-order valence-electron chi connectivity index (χ3n) is 5.10. The van der Waals surface area contributed by atoms with Crippen molar-refractivity contribution in [1.29, 1.82) is 0 Å². The Morgan fingerprint density at radius 2 is 2.35 bits per heavy atom. The molecule has 1 spiro atoms. The van der Waals surface area contributed by atoms with Gasteiger partial charge in [0.2, 0.25) is 0 Å². The largest absolute Gasteiger partial charge is 0.377 e. The van der Waals surface area contributed by atoms with Crippen LogP contribution in [-0.2, 0) is 16.0 Å². The summed E-state index contributed by atoms with van der Waals surface area (Å²) >= 11 is 1.84. The second kappa shape index (κ2) is 7.62. The van der Waals surface area contributed by atoms with Crippen molar-refractivity contribution in [3.63, 3.8) is 0 Å². The SMILES string of the molecule is CC(C)N(C)C[C@@H]1CC[C@]2(COCCN(Cc3cccs3)C2)O1. The molecule has 1 aromatic heterocycles. The van der Waals surface area contributed by atoms with Crippen LogP contribution in [0, 0.1) is 0 Å². The summed E-state index contributed by atoms with van der Waals surface area (Å²) in [6.45, 7) is 10.1. The molecule has 130 valence electrons. The molecular formula is C18H30N2O2S. The molecular weight excluding hydrogens is 308 g/mol. The summed E-state index contributed by atoms with van der Waals surface area (Å²) in [4.78, 5) is 6.31. The van der Waals surface area contributed by atoms with E-state index in [0.717, 1.165) is 52.2 Å². The maximum atomic E-state index is 6.54. The quantitative estimate of drug-likeness (QED) is 0.824. The molecule has 0 amide bonds. The lowest BCUT2D eigenvalue weighted by atomic mass is 10.00. The summed E-state index contributed by atoms with van der Waals surface area (Å²) in [5.74, 6) is 0. The van der Waals surface area contributed by atoms with E-state index in [1.807, 2.05) is 11.3 Å². The van der Waals surface area contributed by atoms with Gasteiger partial charge in [0.1, 0.15) is 5.60 Å². The lowest BCUT2D eigenvalue weighted by Crippen LogP contribution is -2.45. The predicted molar refractivity (Wildman–Crippen MR) is 95.0 cm³/mol. The second-order valence-electron chi connectivity index (χ2n) is 7.34. The molecule has 23 heavy (non-hydrogen) atoms. The standard InChI is InChI=1S/C18H30N2O2S/c1-15(2)19(3)11-16-6-7-18(22-16)13-20(8-9-21-14-18)12-17-5-4-10-23-17/h4-5,10,15-16H,6-9,11-14H2,1-3H3/t16-,18-/m0/s1. The molecule has 0 unspecified atom stereocenters. The molecule has 2 fully saturated rings. The first-order valence-corrected chi connectivity index (χ1v) is 9.65. The molecule has 1 aromatic rings. The number of nitrogens with zero attached hydrogens (tertiary/aromatic N) is 2. The van der Waals surface area contributed by atoms with Crippen molar-refractivity contribution >= 4 is 11.3 Å². The first-order chi connectivity index (χ1) is 11.1. The zero-order chi connectivity index (χ0) is 16.3. The highest BCUT2D eigenvalue weighted by Gasteiger charge is 2.43. The summed E-state index contributed by atoms with van der Waals surface area (Å²) in [6.07, 6.45) is 2.60. The van der Waals surface area contributed by atoms with E-state index in [9.17, 15) is 0 Å². The molecule has 4 nitrogen and oxygen atoms in total. The van der Waals surface area contributed by atoms with Crippen molar-refractivity contribution in [1.82, 2.24) is 9.80 Å². The fourth-order valence-corrected chi connectivity index (χ4v) is 4.27. The molecule has 0 radical (unpaired) electrons. The van der Waals surface area contributed by atoms with Crippen LogP contribution in [-0.4, -0.2) is 67.4 Å². The van der Waals surface area contributed by atoms with Crippen LogP contribution in [0.5, 0.6) is 0 Å². The van der Waals surface area contributed by atoms with Crippen molar-refractivity contribution in [2.45, 2.75) is 51.0 Å². The summed E-state index contributed by atoms with van der Waals surface area (Å²) in [5.41, 5.74) is -0.101. The van der Waals surface area contributed by atoms with Crippen LogP contribution in [0.15, 0.2) is 17.5 Å². The van der Waals surface area contributed by atoms with Gasteiger partial charge < -0.3 is 14.4 Å². The summed E-state index contributed by atoms with van der Waals surface area (Å²) in [6, 6.07) is 4.92. The Bertz CT molecular complexity index is 479. The minimum atomic E-state index is -0.101. The molecule has 2 saturated heterocycles. The minimum absolute atomic E-state index is 0.101. The topological polar surface area (TPSA) is 24.9 Å². The lowest BCUT2D eigenvalue weighted by molar-refractivity contribution is -0.0924. The second-order valence-corrected chi connectivity index (χ2v) is 8.37. The zero-order valence-corrected chi connectivity index (χ0v) is 15.5. The van der Waals surface area contributed by atoms with Crippen molar-refractivity contribution in [2.75, 3.05) is 39.9 Å². The molecule has 2 aliphatic rings. The van der Waals surface area contributed by atoms with Gasteiger partial charge in [0, 0.05) is 37.1 Å². The van der Waals surface area contributed by atoms with E-state index in [1.54, 1.807) is 0 Å². The number of hydrogen-bond donors (Lipinski definition) is 0. The van der Waals surface area contributed by atoms with Gasteiger partial charge in [-0.2, -0.15) is 0 Å². The van der Waals surface area contributed by atoms with Crippen LogP contribution in [0.2, 0.25) is 0 Å². The molecule has 0 aromatic carbocycles. The molecule has 2 atom stereocenters. The van der Waals surface area contributed by atoms with Crippen LogP contribution in [0.4, 0.5) is 0 Å². The van der Waals surface area contributed by atoms with E-state index >= 15 is 0 Å². The van der Waals surface area contributed by atoms with Crippen molar-refractivity contribution in [3.8, 4) is 0 Å². The first-order valence-electron chi connectivity index (χ1n) is 8.77. The fraction of sp³-hybridized carbons (Fsp3) is 0.778. The fourth-order valence-electron chi connectivity index (χ4n) is 3.52.